The molecule has 0 saturated heterocycles. The minimum atomic E-state index is -1.06. The maximum atomic E-state index is 12.3. The molecule has 3 aromatic heterocycles. The van der Waals surface area contributed by atoms with Gasteiger partial charge in [0.15, 0.2) is 0 Å². The summed E-state index contributed by atoms with van der Waals surface area (Å²) in [5, 5.41) is 18.8. The van der Waals surface area contributed by atoms with Gasteiger partial charge in [0.25, 0.3) is 0 Å². The summed E-state index contributed by atoms with van der Waals surface area (Å²) >= 11 is 0. The van der Waals surface area contributed by atoms with Crippen LogP contribution in [0.5, 0.6) is 5.75 Å². The third kappa shape index (κ3) is 4.69. The molecule has 4 rings (SSSR count). The summed E-state index contributed by atoms with van der Waals surface area (Å²) in [5.74, 6) is 0.511. The van der Waals surface area contributed by atoms with Crippen molar-refractivity contribution in [2.45, 2.75) is 32.9 Å². The number of anilines is 1. The molecule has 0 radical (unpaired) electrons. The number of hydrogen-bond acceptors (Lipinski definition) is 6. The normalized spacial score (nSPS) is 11.5. The summed E-state index contributed by atoms with van der Waals surface area (Å²) in [6.07, 6.45) is 5.49. The smallest absolute Gasteiger partial charge is 0.412 e. The van der Waals surface area contributed by atoms with Crippen LogP contribution in [0.3, 0.4) is 0 Å². The van der Waals surface area contributed by atoms with E-state index >= 15 is 0 Å². The predicted octanol–water partition coefficient (Wildman–Crippen LogP) is 3.38. The molecule has 0 spiro atoms. The number of carboxylic acid groups (broad SMARTS) is 1. The summed E-state index contributed by atoms with van der Waals surface area (Å²) < 4.78 is 9.05. The van der Waals surface area contributed by atoms with Crippen molar-refractivity contribution in [2.75, 3.05) is 4.90 Å². The highest BCUT2D eigenvalue weighted by atomic mass is 16.5. The number of amides is 1. The van der Waals surface area contributed by atoms with E-state index in [0.717, 1.165) is 5.69 Å². The van der Waals surface area contributed by atoms with Crippen molar-refractivity contribution in [3.05, 3.63) is 71.0 Å². The number of aromatic nitrogens is 5. The molecular weight excluding hydrogens is 424 g/mol. The molecule has 1 amide bonds. The van der Waals surface area contributed by atoms with Gasteiger partial charge in [0, 0.05) is 30.2 Å². The highest BCUT2D eigenvalue weighted by Crippen LogP contribution is 2.28. The van der Waals surface area contributed by atoms with Crippen molar-refractivity contribution in [3.63, 3.8) is 0 Å². The summed E-state index contributed by atoms with van der Waals surface area (Å²) in [5.41, 5.74) is 1.26. The van der Waals surface area contributed by atoms with Gasteiger partial charge in [-0.15, -0.1) is 0 Å². The van der Waals surface area contributed by atoms with Crippen LogP contribution in [0.4, 0.5) is 10.5 Å². The van der Waals surface area contributed by atoms with E-state index in [9.17, 15) is 14.7 Å². The number of benzene rings is 1. The Kier molecular flexibility index (Phi) is 5.59. The van der Waals surface area contributed by atoms with Crippen LogP contribution >= 0.6 is 0 Å². The fourth-order valence-electron chi connectivity index (χ4n) is 3.46. The monoisotopic (exact) mass is 448 g/mol. The van der Waals surface area contributed by atoms with Crippen molar-refractivity contribution >= 4 is 22.7 Å². The van der Waals surface area contributed by atoms with Gasteiger partial charge in [-0.2, -0.15) is 10.2 Å². The summed E-state index contributed by atoms with van der Waals surface area (Å²) in [6.45, 7) is 5.42. The van der Waals surface area contributed by atoms with Crippen LogP contribution in [-0.2, 0) is 13.7 Å². The highest BCUT2D eigenvalue weighted by Gasteiger charge is 2.28. The van der Waals surface area contributed by atoms with Gasteiger partial charge in [-0.25, -0.2) is 9.48 Å². The van der Waals surface area contributed by atoms with Gasteiger partial charge in [0.2, 0.25) is 5.43 Å². The summed E-state index contributed by atoms with van der Waals surface area (Å²) in [6, 6.07) is 8.48. The lowest BCUT2D eigenvalue weighted by Crippen LogP contribution is -2.45. The van der Waals surface area contributed by atoms with Crippen LogP contribution in [0.2, 0.25) is 0 Å². The molecule has 170 valence electrons. The molecule has 1 N–H and O–H groups in total. The van der Waals surface area contributed by atoms with E-state index in [1.807, 2.05) is 20.8 Å². The van der Waals surface area contributed by atoms with Crippen LogP contribution in [0.25, 0.3) is 16.6 Å². The Labute approximate surface area is 189 Å². The van der Waals surface area contributed by atoms with Crippen LogP contribution in [0.15, 0.2) is 59.9 Å². The van der Waals surface area contributed by atoms with E-state index < -0.39 is 11.6 Å². The lowest BCUT2D eigenvalue weighted by atomic mass is 10.1. The largest absolute Gasteiger partial charge is 0.487 e. The van der Waals surface area contributed by atoms with Crippen LogP contribution < -0.4 is 15.1 Å². The second kappa shape index (κ2) is 8.38. The minimum absolute atomic E-state index is 0.0260. The summed E-state index contributed by atoms with van der Waals surface area (Å²) in [4.78, 5) is 29.7. The van der Waals surface area contributed by atoms with Crippen molar-refractivity contribution in [1.82, 2.24) is 24.5 Å². The Balaban J connectivity index is 1.60. The Morgan fingerprint density at radius 2 is 1.97 bits per heavy atom. The lowest BCUT2D eigenvalue weighted by Gasteiger charge is -2.32. The summed E-state index contributed by atoms with van der Waals surface area (Å²) in [7, 11) is 1.80. The standard InChI is InChI=1S/C23H24N6O4/c1-23(2,3)29(22(31)32)16-9-15-10-18(5-6-19(15)24-11-16)33-14-20-21(30)7-8-28(26-20)17-12-25-27(4)13-17/h5-13H,14H2,1-4H3,(H,31,32). The molecule has 3 heterocycles. The van der Waals surface area contributed by atoms with E-state index in [2.05, 4.69) is 15.2 Å². The minimum Gasteiger partial charge on any atom is -0.487 e. The van der Waals surface area contributed by atoms with E-state index in [1.54, 1.807) is 59.3 Å². The molecule has 0 atom stereocenters. The van der Waals surface area contributed by atoms with E-state index in [1.165, 1.54) is 17.2 Å². The molecule has 0 fully saturated rings. The third-order valence-electron chi connectivity index (χ3n) is 4.97. The van der Waals surface area contributed by atoms with Gasteiger partial charge in [0.1, 0.15) is 23.7 Å². The highest BCUT2D eigenvalue weighted by molar-refractivity contribution is 5.91. The molecule has 33 heavy (non-hydrogen) atoms. The van der Waals surface area contributed by atoms with E-state index in [-0.39, 0.29) is 17.7 Å². The molecular formula is C23H24N6O4. The number of carbonyl (C=O) groups is 1. The number of pyridine rings is 1. The number of nitrogens with zero attached hydrogens (tertiary/aromatic N) is 6. The maximum absolute atomic E-state index is 12.3. The SMILES string of the molecule is Cn1cc(-n2ccc(=O)c(COc3ccc4ncc(N(C(=O)O)C(C)(C)C)cc4c3)n2)cn1. The molecule has 4 aromatic rings. The third-order valence-corrected chi connectivity index (χ3v) is 4.97. The maximum Gasteiger partial charge on any atom is 0.412 e. The van der Waals surface area contributed by atoms with Gasteiger partial charge in [0.05, 0.1) is 29.8 Å². The molecule has 0 aliphatic carbocycles. The topological polar surface area (TPSA) is 115 Å². The molecule has 10 nitrogen and oxygen atoms in total. The van der Waals surface area contributed by atoms with Crippen molar-refractivity contribution in [3.8, 4) is 11.4 Å². The number of fused-ring (bicyclic) bond motifs is 1. The van der Waals surface area contributed by atoms with Crippen molar-refractivity contribution in [1.29, 1.82) is 0 Å². The Morgan fingerprint density at radius 1 is 1.18 bits per heavy atom. The van der Waals surface area contributed by atoms with Crippen LogP contribution in [-0.4, -0.2) is 41.3 Å². The first kappa shape index (κ1) is 22.0. The molecule has 0 bridgehead atoms. The first-order valence-electron chi connectivity index (χ1n) is 10.3. The fourth-order valence-corrected chi connectivity index (χ4v) is 3.46. The van der Waals surface area contributed by atoms with Gasteiger partial charge >= 0.3 is 6.09 Å². The quantitative estimate of drug-likeness (QED) is 0.498. The molecule has 1 aromatic carbocycles. The van der Waals surface area contributed by atoms with Gasteiger partial charge in [-0.3, -0.25) is 19.4 Å². The number of rotatable bonds is 5. The molecule has 0 aliphatic heterocycles. The van der Waals surface area contributed by atoms with Crippen molar-refractivity contribution < 1.29 is 14.6 Å². The molecule has 0 saturated carbocycles. The number of ether oxygens (including phenoxy) is 1. The van der Waals surface area contributed by atoms with Crippen molar-refractivity contribution in [2.24, 2.45) is 7.05 Å². The molecule has 10 heteroatoms. The fraction of sp³-hybridized carbons (Fsp3) is 0.261. The zero-order chi connectivity index (χ0) is 23.8. The zero-order valence-electron chi connectivity index (χ0n) is 18.8. The van der Waals surface area contributed by atoms with Gasteiger partial charge < -0.3 is 9.84 Å². The lowest BCUT2D eigenvalue weighted by molar-refractivity contribution is 0.195. The second-order valence-electron chi connectivity index (χ2n) is 8.57. The average molecular weight is 448 g/mol. The van der Waals surface area contributed by atoms with E-state index in [0.29, 0.717) is 22.3 Å². The number of aryl methyl sites for hydroxylation is 1. The molecule has 0 unspecified atom stereocenters. The first-order chi connectivity index (χ1) is 15.6. The Bertz CT molecular complexity index is 1390. The predicted molar refractivity (Wildman–Crippen MR) is 123 cm³/mol. The second-order valence-corrected chi connectivity index (χ2v) is 8.57. The first-order valence-corrected chi connectivity index (χ1v) is 10.3. The van der Waals surface area contributed by atoms with E-state index in [4.69, 9.17) is 4.74 Å². The van der Waals surface area contributed by atoms with Gasteiger partial charge in [-0.05, 0) is 45.0 Å². The van der Waals surface area contributed by atoms with Gasteiger partial charge in [-0.1, -0.05) is 0 Å². The Hall–Kier alpha value is -4.21. The van der Waals surface area contributed by atoms with Crippen LogP contribution in [0, 0.1) is 0 Å². The van der Waals surface area contributed by atoms with Crippen LogP contribution in [0.1, 0.15) is 26.5 Å². The zero-order valence-corrected chi connectivity index (χ0v) is 18.8. The number of hydrogen-bond donors (Lipinski definition) is 1. The molecule has 0 aliphatic rings. The average Bonchev–Trinajstić information content (AvgIpc) is 3.18. The Morgan fingerprint density at radius 3 is 2.64 bits per heavy atom.